The summed E-state index contributed by atoms with van der Waals surface area (Å²) < 4.78 is 5.62. The van der Waals surface area contributed by atoms with Crippen LogP contribution in [0.1, 0.15) is 71.0 Å². The number of aliphatic hydroxyl groups is 1. The van der Waals surface area contributed by atoms with Crippen LogP contribution in [0.15, 0.2) is 81.5 Å². The van der Waals surface area contributed by atoms with Crippen molar-refractivity contribution >= 4 is 17.3 Å². The van der Waals surface area contributed by atoms with Crippen molar-refractivity contribution in [1.82, 2.24) is 5.16 Å². The molecule has 0 fully saturated rings. The first-order chi connectivity index (χ1) is 17.1. The topological polar surface area (TPSA) is 92.8 Å². The first-order valence-electron chi connectivity index (χ1n) is 12.2. The van der Waals surface area contributed by atoms with Gasteiger partial charge in [-0.2, -0.15) is 0 Å². The van der Waals surface area contributed by atoms with Crippen molar-refractivity contribution in [1.29, 1.82) is 0 Å². The summed E-state index contributed by atoms with van der Waals surface area (Å²) in [6.45, 7) is 0.412. The molecule has 2 aromatic carbocycles. The Labute approximate surface area is 204 Å². The highest BCUT2D eigenvalue weighted by Crippen LogP contribution is 2.35. The molecule has 2 aliphatic carbocycles. The lowest BCUT2D eigenvalue weighted by Gasteiger charge is -2.20. The standard InChI is InChI=1S/C29H28N2O4/c32-24-12-7-13-25(33)28(24)22(30-18-19-8-3-1-4-9-19)14-15-23-29-26(34)16-21(17-27(29)35-31-23)20-10-5-2-6-11-20/h1-6,8-11,21,32H,7,12-18H2. The lowest BCUT2D eigenvalue weighted by atomic mass is 9.81. The fourth-order valence-corrected chi connectivity index (χ4v) is 5.02. The fraction of sp³-hybridized carbons (Fsp3) is 0.310. The summed E-state index contributed by atoms with van der Waals surface area (Å²) in [5, 5.41) is 14.8. The average molecular weight is 469 g/mol. The van der Waals surface area contributed by atoms with Gasteiger partial charge < -0.3 is 9.63 Å². The first-order valence-corrected chi connectivity index (χ1v) is 12.2. The molecule has 1 N–H and O–H groups in total. The number of rotatable bonds is 7. The number of Topliss-reactive ketones (excluding diaryl/α,β-unsaturated/α-hetero) is 2. The Kier molecular flexibility index (Phi) is 6.70. The van der Waals surface area contributed by atoms with Crippen LogP contribution in [-0.2, 0) is 24.2 Å². The van der Waals surface area contributed by atoms with Crippen molar-refractivity contribution < 1.29 is 19.2 Å². The zero-order valence-electron chi connectivity index (χ0n) is 19.6. The number of benzene rings is 2. The van der Waals surface area contributed by atoms with Gasteiger partial charge >= 0.3 is 0 Å². The Morgan fingerprint density at radius 1 is 0.971 bits per heavy atom. The molecule has 1 heterocycles. The number of carbonyl (C=O) groups is 2. The molecule has 35 heavy (non-hydrogen) atoms. The summed E-state index contributed by atoms with van der Waals surface area (Å²) in [4.78, 5) is 30.5. The monoisotopic (exact) mass is 468 g/mol. The molecular formula is C29H28N2O4. The smallest absolute Gasteiger partial charge is 0.168 e. The predicted molar refractivity (Wildman–Crippen MR) is 133 cm³/mol. The SMILES string of the molecule is O=C1CCCC(O)=C1C(CCc1noc2c1C(=O)CC(c1ccccc1)C2)=NCc1ccccc1. The van der Waals surface area contributed by atoms with Crippen molar-refractivity contribution in [2.75, 3.05) is 0 Å². The molecule has 3 aromatic rings. The maximum Gasteiger partial charge on any atom is 0.168 e. The second-order valence-corrected chi connectivity index (χ2v) is 9.21. The van der Waals surface area contributed by atoms with Gasteiger partial charge in [0.1, 0.15) is 11.5 Å². The van der Waals surface area contributed by atoms with E-state index in [1.807, 2.05) is 60.7 Å². The Morgan fingerprint density at radius 3 is 2.46 bits per heavy atom. The number of nitrogens with zero attached hydrogens (tertiary/aromatic N) is 2. The highest BCUT2D eigenvalue weighted by Gasteiger charge is 2.33. The van der Waals surface area contributed by atoms with Crippen LogP contribution in [0.5, 0.6) is 0 Å². The molecule has 1 atom stereocenters. The molecule has 2 aliphatic rings. The van der Waals surface area contributed by atoms with Gasteiger partial charge in [-0.1, -0.05) is 65.8 Å². The van der Waals surface area contributed by atoms with E-state index >= 15 is 0 Å². The predicted octanol–water partition coefficient (Wildman–Crippen LogP) is 5.73. The molecular weight excluding hydrogens is 440 g/mol. The minimum atomic E-state index is -0.0791. The Hall–Kier alpha value is -3.80. The van der Waals surface area contributed by atoms with E-state index in [1.165, 1.54) is 0 Å². The van der Waals surface area contributed by atoms with Crippen LogP contribution in [0, 0.1) is 0 Å². The van der Waals surface area contributed by atoms with Gasteiger partial charge in [0.25, 0.3) is 0 Å². The van der Waals surface area contributed by atoms with Gasteiger partial charge in [-0.25, -0.2) is 0 Å². The van der Waals surface area contributed by atoms with Crippen molar-refractivity contribution in [3.05, 3.63) is 100 Å². The molecule has 178 valence electrons. The Balaban J connectivity index is 1.38. The molecule has 0 spiro atoms. The molecule has 6 nitrogen and oxygen atoms in total. The number of aliphatic imine (C=N–C) groups is 1. The maximum atomic E-state index is 13.1. The Bertz CT molecular complexity index is 1290. The van der Waals surface area contributed by atoms with Crippen molar-refractivity contribution in [2.24, 2.45) is 4.99 Å². The molecule has 6 heteroatoms. The maximum absolute atomic E-state index is 13.1. The van der Waals surface area contributed by atoms with Crippen molar-refractivity contribution in [3.63, 3.8) is 0 Å². The van der Waals surface area contributed by atoms with Gasteiger partial charge in [-0.3, -0.25) is 14.6 Å². The molecule has 1 unspecified atom stereocenters. The van der Waals surface area contributed by atoms with Gasteiger partial charge in [0, 0.05) is 31.4 Å². The van der Waals surface area contributed by atoms with Crippen molar-refractivity contribution in [3.8, 4) is 0 Å². The number of aliphatic hydroxyl groups excluding tert-OH is 1. The number of hydrogen-bond acceptors (Lipinski definition) is 6. The Morgan fingerprint density at radius 2 is 1.71 bits per heavy atom. The van der Waals surface area contributed by atoms with Crippen LogP contribution >= 0.6 is 0 Å². The third-order valence-corrected chi connectivity index (χ3v) is 6.81. The van der Waals surface area contributed by atoms with Gasteiger partial charge in [0.15, 0.2) is 11.6 Å². The number of hydrogen-bond donors (Lipinski definition) is 1. The third kappa shape index (κ3) is 5.02. The molecule has 5 rings (SSSR count). The lowest BCUT2D eigenvalue weighted by molar-refractivity contribution is -0.115. The number of fused-ring (bicyclic) bond motifs is 1. The summed E-state index contributed by atoms with van der Waals surface area (Å²) in [6, 6.07) is 19.8. The van der Waals surface area contributed by atoms with Gasteiger partial charge in [-0.05, 0) is 36.3 Å². The van der Waals surface area contributed by atoms with Crippen LogP contribution in [0.3, 0.4) is 0 Å². The van der Waals surface area contributed by atoms with Gasteiger partial charge in [-0.15, -0.1) is 0 Å². The lowest BCUT2D eigenvalue weighted by Crippen LogP contribution is -2.21. The third-order valence-electron chi connectivity index (χ3n) is 6.81. The first kappa shape index (κ1) is 23.0. The number of aromatic nitrogens is 1. The molecule has 0 radical (unpaired) electrons. The summed E-state index contributed by atoms with van der Waals surface area (Å²) >= 11 is 0. The van der Waals surface area contributed by atoms with Crippen LogP contribution in [0.4, 0.5) is 0 Å². The summed E-state index contributed by atoms with van der Waals surface area (Å²) in [6.07, 6.45) is 3.40. The van der Waals surface area contributed by atoms with E-state index in [0.717, 1.165) is 11.1 Å². The van der Waals surface area contributed by atoms with E-state index < -0.39 is 0 Å². The number of aryl methyl sites for hydroxylation is 1. The minimum absolute atomic E-state index is 0.0370. The number of ketones is 2. The van der Waals surface area contributed by atoms with Crippen LogP contribution < -0.4 is 0 Å². The van der Waals surface area contributed by atoms with E-state index in [4.69, 9.17) is 9.52 Å². The van der Waals surface area contributed by atoms with Crippen LogP contribution in [-0.4, -0.2) is 27.5 Å². The highest BCUT2D eigenvalue weighted by molar-refractivity contribution is 6.23. The summed E-state index contributed by atoms with van der Waals surface area (Å²) in [7, 11) is 0. The van der Waals surface area contributed by atoms with Gasteiger partial charge in [0.05, 0.1) is 23.4 Å². The second-order valence-electron chi connectivity index (χ2n) is 9.21. The van der Waals surface area contributed by atoms with Crippen LogP contribution in [0.2, 0.25) is 0 Å². The molecule has 0 aliphatic heterocycles. The largest absolute Gasteiger partial charge is 0.511 e. The molecule has 0 saturated heterocycles. The average Bonchev–Trinajstić information content (AvgIpc) is 3.30. The molecule has 0 amide bonds. The van der Waals surface area contributed by atoms with E-state index in [0.29, 0.717) is 79.8 Å². The second kappa shape index (κ2) is 10.2. The van der Waals surface area contributed by atoms with E-state index in [9.17, 15) is 14.7 Å². The molecule has 0 bridgehead atoms. The van der Waals surface area contributed by atoms with E-state index in [2.05, 4.69) is 5.16 Å². The zero-order chi connectivity index (χ0) is 24.2. The van der Waals surface area contributed by atoms with Crippen LogP contribution in [0.25, 0.3) is 0 Å². The minimum Gasteiger partial charge on any atom is -0.511 e. The summed E-state index contributed by atoms with van der Waals surface area (Å²) in [5.41, 5.74) is 4.23. The van der Waals surface area contributed by atoms with Gasteiger partial charge in [0.2, 0.25) is 0 Å². The molecule has 0 saturated carbocycles. The normalized spacial score (nSPS) is 18.6. The van der Waals surface area contributed by atoms with E-state index in [-0.39, 0.29) is 23.2 Å². The van der Waals surface area contributed by atoms with E-state index in [1.54, 1.807) is 0 Å². The highest BCUT2D eigenvalue weighted by atomic mass is 16.5. The number of allylic oxidation sites excluding steroid dienone is 2. The van der Waals surface area contributed by atoms with Crippen molar-refractivity contribution in [2.45, 2.75) is 57.4 Å². The molecule has 1 aromatic heterocycles. The zero-order valence-corrected chi connectivity index (χ0v) is 19.6. The summed E-state index contributed by atoms with van der Waals surface area (Å²) in [5.74, 6) is 0.780. The fourth-order valence-electron chi connectivity index (χ4n) is 5.02. The number of carbonyl (C=O) groups excluding carboxylic acids is 2. The quantitative estimate of drug-likeness (QED) is 0.447.